The van der Waals surface area contributed by atoms with Crippen molar-refractivity contribution in [2.24, 2.45) is 7.05 Å². The lowest BCUT2D eigenvalue weighted by molar-refractivity contribution is 0.0950. The molecule has 0 atom stereocenters. The van der Waals surface area contributed by atoms with Crippen LogP contribution in [0.1, 0.15) is 40.5 Å². The molecule has 0 spiro atoms. The quantitative estimate of drug-likeness (QED) is 0.772. The average molecular weight is 337 g/mol. The van der Waals surface area contributed by atoms with Crippen molar-refractivity contribution < 1.29 is 9.53 Å². The van der Waals surface area contributed by atoms with Crippen molar-refractivity contribution in [1.82, 2.24) is 25.1 Å². The highest BCUT2D eigenvalue weighted by atomic mass is 16.5. The molecule has 0 radical (unpaired) electrons. The van der Waals surface area contributed by atoms with E-state index < -0.39 is 0 Å². The number of hydrogen-bond donors (Lipinski definition) is 1. The van der Waals surface area contributed by atoms with Gasteiger partial charge in [0.05, 0.1) is 30.3 Å². The van der Waals surface area contributed by atoms with Crippen molar-refractivity contribution in [3.8, 4) is 5.88 Å². The fourth-order valence-corrected chi connectivity index (χ4v) is 2.95. The second kappa shape index (κ2) is 6.16. The van der Waals surface area contributed by atoms with Gasteiger partial charge in [0.1, 0.15) is 6.33 Å². The molecule has 1 amide bonds. The third kappa shape index (κ3) is 3.05. The number of aromatic nitrogens is 4. The zero-order valence-electron chi connectivity index (χ0n) is 14.2. The van der Waals surface area contributed by atoms with Crippen LogP contribution in [0.25, 0.3) is 10.9 Å². The zero-order valence-corrected chi connectivity index (χ0v) is 14.2. The lowest BCUT2D eigenvalue weighted by Crippen LogP contribution is -2.23. The van der Waals surface area contributed by atoms with Gasteiger partial charge in [0.2, 0.25) is 5.88 Å². The maximum atomic E-state index is 12.4. The van der Waals surface area contributed by atoms with E-state index in [1.807, 2.05) is 19.2 Å². The molecule has 1 aromatic carbocycles. The van der Waals surface area contributed by atoms with E-state index in [9.17, 15) is 4.79 Å². The summed E-state index contributed by atoms with van der Waals surface area (Å²) in [5, 5.41) is 8.16. The molecule has 4 rings (SSSR count). The summed E-state index contributed by atoms with van der Waals surface area (Å²) in [4.78, 5) is 21.0. The molecule has 1 aliphatic rings. The number of fused-ring (bicyclic) bond motifs is 1. The summed E-state index contributed by atoms with van der Waals surface area (Å²) in [6, 6.07) is 7.37. The third-order valence-electron chi connectivity index (χ3n) is 4.41. The number of rotatable bonds is 5. The second-order valence-corrected chi connectivity index (χ2v) is 6.26. The molecule has 0 aliphatic heterocycles. The SMILES string of the molecule is COc1c2ccc(C(=O)NCc3cc(C4CC4)ncn3)cc2nn1C. The van der Waals surface area contributed by atoms with Crippen molar-refractivity contribution >= 4 is 16.8 Å². The third-order valence-corrected chi connectivity index (χ3v) is 4.41. The van der Waals surface area contributed by atoms with Crippen LogP contribution in [0.4, 0.5) is 0 Å². The van der Waals surface area contributed by atoms with Gasteiger partial charge in [-0.15, -0.1) is 0 Å². The Balaban J connectivity index is 1.49. The summed E-state index contributed by atoms with van der Waals surface area (Å²) in [6.07, 6.45) is 3.95. The Morgan fingerprint density at radius 2 is 2.16 bits per heavy atom. The summed E-state index contributed by atoms with van der Waals surface area (Å²) in [6.45, 7) is 0.380. The largest absolute Gasteiger partial charge is 0.481 e. The van der Waals surface area contributed by atoms with Crippen molar-refractivity contribution in [3.05, 3.63) is 47.5 Å². The van der Waals surface area contributed by atoms with Gasteiger partial charge < -0.3 is 10.1 Å². The van der Waals surface area contributed by atoms with Crippen LogP contribution in [-0.4, -0.2) is 32.8 Å². The molecule has 0 unspecified atom stereocenters. The van der Waals surface area contributed by atoms with E-state index in [1.165, 1.54) is 12.8 Å². The highest BCUT2D eigenvalue weighted by Gasteiger charge is 2.25. The fraction of sp³-hybridized carbons (Fsp3) is 0.333. The second-order valence-electron chi connectivity index (χ2n) is 6.26. The zero-order chi connectivity index (χ0) is 17.4. The molecule has 128 valence electrons. The van der Waals surface area contributed by atoms with E-state index in [0.717, 1.165) is 22.3 Å². The summed E-state index contributed by atoms with van der Waals surface area (Å²) in [5.74, 6) is 1.09. The minimum atomic E-state index is -0.155. The number of aryl methyl sites for hydroxylation is 1. The first-order chi connectivity index (χ1) is 12.2. The van der Waals surface area contributed by atoms with Gasteiger partial charge in [-0.05, 0) is 37.1 Å². The van der Waals surface area contributed by atoms with Gasteiger partial charge in [-0.1, -0.05) is 0 Å². The normalized spacial score (nSPS) is 13.8. The van der Waals surface area contributed by atoms with Gasteiger partial charge in [-0.2, -0.15) is 5.10 Å². The fourth-order valence-electron chi connectivity index (χ4n) is 2.95. The molecule has 2 aromatic heterocycles. The van der Waals surface area contributed by atoms with Crippen molar-refractivity contribution in [1.29, 1.82) is 0 Å². The van der Waals surface area contributed by atoms with Crippen LogP contribution in [-0.2, 0) is 13.6 Å². The number of hydrogen-bond acceptors (Lipinski definition) is 5. The smallest absolute Gasteiger partial charge is 0.251 e. The Morgan fingerprint density at radius 3 is 2.92 bits per heavy atom. The number of carbonyl (C=O) groups excluding carboxylic acids is 1. The lowest BCUT2D eigenvalue weighted by Gasteiger charge is -2.06. The van der Waals surface area contributed by atoms with Crippen LogP contribution in [0.3, 0.4) is 0 Å². The molecule has 1 N–H and O–H groups in total. The Bertz CT molecular complexity index is 946. The van der Waals surface area contributed by atoms with E-state index >= 15 is 0 Å². The lowest BCUT2D eigenvalue weighted by atomic mass is 10.1. The molecule has 1 saturated carbocycles. The minimum Gasteiger partial charge on any atom is -0.481 e. The Hall–Kier alpha value is -2.96. The van der Waals surface area contributed by atoms with Crippen LogP contribution < -0.4 is 10.1 Å². The Morgan fingerprint density at radius 1 is 1.32 bits per heavy atom. The van der Waals surface area contributed by atoms with Crippen LogP contribution in [0, 0.1) is 0 Å². The molecular formula is C18H19N5O2. The molecule has 2 heterocycles. The summed E-state index contributed by atoms with van der Waals surface area (Å²) in [7, 11) is 3.42. The van der Waals surface area contributed by atoms with Gasteiger partial charge in [-0.25, -0.2) is 14.6 Å². The predicted molar refractivity (Wildman–Crippen MR) is 92.4 cm³/mol. The van der Waals surface area contributed by atoms with Crippen molar-refractivity contribution in [2.75, 3.05) is 7.11 Å². The van der Waals surface area contributed by atoms with Crippen molar-refractivity contribution in [2.45, 2.75) is 25.3 Å². The average Bonchev–Trinajstić information content (AvgIpc) is 3.42. The number of nitrogens with zero attached hydrogens (tertiary/aromatic N) is 4. The van der Waals surface area contributed by atoms with Crippen molar-refractivity contribution in [3.63, 3.8) is 0 Å². The van der Waals surface area contributed by atoms with Crippen LogP contribution >= 0.6 is 0 Å². The highest BCUT2D eigenvalue weighted by molar-refractivity contribution is 5.98. The maximum Gasteiger partial charge on any atom is 0.251 e. The first-order valence-corrected chi connectivity index (χ1v) is 8.25. The minimum absolute atomic E-state index is 0.155. The molecular weight excluding hydrogens is 318 g/mol. The molecule has 7 heteroatoms. The summed E-state index contributed by atoms with van der Waals surface area (Å²) < 4.78 is 6.98. The monoisotopic (exact) mass is 337 g/mol. The predicted octanol–water partition coefficient (Wildman–Crippen LogP) is 2.18. The molecule has 0 saturated heterocycles. The number of ether oxygens (including phenoxy) is 1. The molecule has 7 nitrogen and oxygen atoms in total. The molecule has 1 aliphatic carbocycles. The number of amides is 1. The molecule has 25 heavy (non-hydrogen) atoms. The standard InChI is InChI=1S/C18H19N5O2/c1-23-18(25-2)14-6-5-12(7-16(14)22-23)17(24)19-9-13-8-15(11-3-4-11)21-10-20-13/h5-8,10-11H,3-4,9H2,1-2H3,(H,19,24). The maximum absolute atomic E-state index is 12.4. The van der Waals surface area contributed by atoms with Gasteiger partial charge in [0.25, 0.3) is 5.91 Å². The van der Waals surface area contributed by atoms with Crippen LogP contribution in [0.15, 0.2) is 30.6 Å². The summed E-state index contributed by atoms with van der Waals surface area (Å²) in [5.41, 5.74) is 3.18. The molecule has 3 aromatic rings. The van der Waals surface area contributed by atoms with Crippen LogP contribution in [0.2, 0.25) is 0 Å². The number of methoxy groups -OCH3 is 1. The Kier molecular flexibility index (Phi) is 3.83. The van der Waals surface area contributed by atoms with Gasteiger partial charge in [-0.3, -0.25) is 4.79 Å². The highest BCUT2D eigenvalue weighted by Crippen LogP contribution is 2.38. The van der Waals surface area contributed by atoms with E-state index in [2.05, 4.69) is 20.4 Å². The van der Waals surface area contributed by atoms with E-state index in [0.29, 0.717) is 23.9 Å². The topological polar surface area (TPSA) is 81.9 Å². The van der Waals surface area contributed by atoms with Gasteiger partial charge in [0, 0.05) is 24.2 Å². The first kappa shape index (κ1) is 15.6. The number of benzene rings is 1. The van der Waals surface area contributed by atoms with E-state index in [-0.39, 0.29) is 5.91 Å². The molecule has 0 bridgehead atoms. The van der Waals surface area contributed by atoms with E-state index in [4.69, 9.17) is 4.74 Å². The van der Waals surface area contributed by atoms with Gasteiger partial charge in [0.15, 0.2) is 0 Å². The van der Waals surface area contributed by atoms with E-state index in [1.54, 1.807) is 30.3 Å². The molecule has 1 fully saturated rings. The van der Waals surface area contributed by atoms with Gasteiger partial charge >= 0.3 is 0 Å². The summed E-state index contributed by atoms with van der Waals surface area (Å²) >= 11 is 0. The number of carbonyl (C=O) groups is 1. The van der Waals surface area contributed by atoms with Crippen LogP contribution in [0.5, 0.6) is 5.88 Å². The first-order valence-electron chi connectivity index (χ1n) is 8.25. The Labute approximate surface area is 145 Å². The number of nitrogens with one attached hydrogen (secondary N) is 1.